The SMILES string of the molecule is N=C1CCCC(=NCCNCCCCc2coc3cc4c(cc3c2=O)OCO4)C1. The first-order valence-corrected chi connectivity index (χ1v) is 10.3. The molecule has 1 aromatic carbocycles. The van der Waals surface area contributed by atoms with Gasteiger partial charge in [0.2, 0.25) is 6.79 Å². The molecule has 4 rings (SSSR count). The van der Waals surface area contributed by atoms with Gasteiger partial charge in [-0.3, -0.25) is 9.79 Å². The van der Waals surface area contributed by atoms with E-state index < -0.39 is 0 Å². The lowest BCUT2D eigenvalue weighted by molar-refractivity contribution is 0.174. The Kier molecular flexibility index (Phi) is 6.24. The quantitative estimate of drug-likeness (QED) is 0.665. The normalized spacial score (nSPS) is 17.4. The van der Waals surface area contributed by atoms with Crippen LogP contribution in [0.3, 0.4) is 0 Å². The predicted octanol–water partition coefficient (Wildman–Crippen LogP) is 3.47. The van der Waals surface area contributed by atoms with E-state index >= 15 is 0 Å². The van der Waals surface area contributed by atoms with E-state index in [9.17, 15) is 4.79 Å². The van der Waals surface area contributed by atoms with Gasteiger partial charge in [-0.1, -0.05) is 0 Å². The highest BCUT2D eigenvalue weighted by Crippen LogP contribution is 2.35. The van der Waals surface area contributed by atoms with Crippen LogP contribution in [0, 0.1) is 5.41 Å². The van der Waals surface area contributed by atoms with Crippen LogP contribution in [0.5, 0.6) is 11.5 Å². The fraction of sp³-hybridized carbons (Fsp3) is 0.500. The molecule has 1 aliphatic carbocycles. The third-order valence-corrected chi connectivity index (χ3v) is 5.37. The van der Waals surface area contributed by atoms with Crippen molar-refractivity contribution in [2.75, 3.05) is 26.4 Å². The summed E-state index contributed by atoms with van der Waals surface area (Å²) in [5.41, 5.74) is 3.22. The van der Waals surface area contributed by atoms with Crippen LogP contribution >= 0.6 is 0 Å². The molecule has 0 atom stereocenters. The standard InChI is InChI=1S/C22H27N3O4/c23-16-5-3-6-17(10-16)25-9-8-24-7-2-1-4-15-13-27-19-12-21-20(28-14-29-21)11-18(19)22(15)26/h11-13,23-24H,1-10,14H2. The molecule has 1 aromatic heterocycles. The summed E-state index contributed by atoms with van der Waals surface area (Å²) in [6.07, 6.45) is 7.96. The predicted molar refractivity (Wildman–Crippen MR) is 113 cm³/mol. The fourth-order valence-electron chi connectivity index (χ4n) is 3.78. The largest absolute Gasteiger partial charge is 0.464 e. The molecule has 7 nitrogen and oxygen atoms in total. The maximum Gasteiger partial charge on any atom is 0.231 e. The molecule has 1 saturated carbocycles. The second-order valence-corrected chi connectivity index (χ2v) is 7.58. The number of fused-ring (bicyclic) bond motifs is 2. The van der Waals surface area contributed by atoms with Gasteiger partial charge in [0, 0.05) is 36.0 Å². The molecule has 2 heterocycles. The minimum atomic E-state index is 0.00591. The van der Waals surface area contributed by atoms with Crippen LogP contribution in [0.4, 0.5) is 0 Å². The number of unbranched alkanes of at least 4 members (excludes halogenated alkanes) is 1. The van der Waals surface area contributed by atoms with E-state index in [1.165, 1.54) is 5.71 Å². The molecular weight excluding hydrogens is 370 g/mol. The summed E-state index contributed by atoms with van der Waals surface area (Å²) in [7, 11) is 0. The van der Waals surface area contributed by atoms with Gasteiger partial charge in [0.25, 0.3) is 0 Å². The first-order chi connectivity index (χ1) is 14.2. The lowest BCUT2D eigenvalue weighted by Gasteiger charge is -2.13. The van der Waals surface area contributed by atoms with Crippen LogP contribution in [-0.2, 0) is 6.42 Å². The molecule has 0 spiro atoms. The topological polar surface area (TPSA) is 96.9 Å². The lowest BCUT2D eigenvalue weighted by atomic mass is 9.96. The zero-order chi connectivity index (χ0) is 20.1. The van der Waals surface area contributed by atoms with Crippen molar-refractivity contribution in [1.82, 2.24) is 5.32 Å². The number of hydrogen-bond donors (Lipinski definition) is 2. The Bertz CT molecular complexity index is 980. The van der Waals surface area contributed by atoms with Gasteiger partial charge < -0.3 is 24.6 Å². The third-order valence-electron chi connectivity index (χ3n) is 5.37. The Morgan fingerprint density at radius 3 is 2.83 bits per heavy atom. The molecule has 0 unspecified atom stereocenters. The van der Waals surface area contributed by atoms with Crippen molar-refractivity contribution in [3.05, 3.63) is 34.2 Å². The van der Waals surface area contributed by atoms with Gasteiger partial charge in [0.05, 0.1) is 18.2 Å². The van der Waals surface area contributed by atoms with Crippen LogP contribution in [-0.4, -0.2) is 37.9 Å². The van der Waals surface area contributed by atoms with Crippen molar-refractivity contribution in [2.45, 2.75) is 44.9 Å². The van der Waals surface area contributed by atoms with Crippen molar-refractivity contribution in [2.24, 2.45) is 4.99 Å². The van der Waals surface area contributed by atoms with E-state index in [1.807, 2.05) is 0 Å². The summed E-state index contributed by atoms with van der Waals surface area (Å²) >= 11 is 0. The lowest BCUT2D eigenvalue weighted by Crippen LogP contribution is -2.21. The summed E-state index contributed by atoms with van der Waals surface area (Å²) in [5, 5.41) is 11.7. The zero-order valence-electron chi connectivity index (χ0n) is 16.6. The van der Waals surface area contributed by atoms with E-state index in [-0.39, 0.29) is 12.2 Å². The summed E-state index contributed by atoms with van der Waals surface area (Å²) in [6, 6.07) is 3.43. The fourth-order valence-corrected chi connectivity index (χ4v) is 3.78. The highest BCUT2D eigenvalue weighted by molar-refractivity contribution is 6.05. The monoisotopic (exact) mass is 397 g/mol. The Morgan fingerprint density at radius 1 is 1.10 bits per heavy atom. The minimum Gasteiger partial charge on any atom is -0.464 e. The molecule has 1 aliphatic heterocycles. The van der Waals surface area contributed by atoms with Gasteiger partial charge in [0.15, 0.2) is 16.9 Å². The molecule has 2 aromatic rings. The van der Waals surface area contributed by atoms with Gasteiger partial charge >= 0.3 is 0 Å². The van der Waals surface area contributed by atoms with Crippen molar-refractivity contribution in [3.8, 4) is 11.5 Å². The maximum atomic E-state index is 12.7. The Morgan fingerprint density at radius 2 is 1.97 bits per heavy atom. The summed E-state index contributed by atoms with van der Waals surface area (Å²) in [4.78, 5) is 17.3. The van der Waals surface area contributed by atoms with Crippen LogP contribution in [0.25, 0.3) is 11.0 Å². The Hall–Kier alpha value is -2.67. The summed E-state index contributed by atoms with van der Waals surface area (Å²) in [6.45, 7) is 2.70. The molecule has 0 radical (unpaired) electrons. The number of nitrogens with one attached hydrogen (secondary N) is 2. The second kappa shape index (κ2) is 9.22. The van der Waals surface area contributed by atoms with E-state index in [0.29, 0.717) is 34.5 Å². The molecule has 2 N–H and O–H groups in total. The molecule has 7 heteroatoms. The van der Waals surface area contributed by atoms with Crippen molar-refractivity contribution < 1.29 is 13.9 Å². The van der Waals surface area contributed by atoms with Gasteiger partial charge in [-0.15, -0.1) is 0 Å². The molecule has 154 valence electrons. The smallest absolute Gasteiger partial charge is 0.231 e. The number of benzene rings is 1. The highest BCUT2D eigenvalue weighted by atomic mass is 16.7. The summed E-state index contributed by atoms with van der Waals surface area (Å²) < 4.78 is 16.3. The third kappa shape index (κ3) is 4.85. The first-order valence-electron chi connectivity index (χ1n) is 10.3. The number of ether oxygens (including phenoxy) is 2. The van der Waals surface area contributed by atoms with E-state index in [2.05, 4.69) is 10.3 Å². The van der Waals surface area contributed by atoms with Crippen LogP contribution in [0.15, 0.2) is 32.6 Å². The number of aliphatic imine (C=N–C) groups is 1. The van der Waals surface area contributed by atoms with Crippen molar-refractivity contribution in [1.29, 1.82) is 5.41 Å². The molecule has 0 amide bonds. The number of hydrogen-bond acceptors (Lipinski definition) is 7. The molecule has 1 fully saturated rings. The Balaban J connectivity index is 1.20. The number of rotatable bonds is 8. The van der Waals surface area contributed by atoms with Crippen molar-refractivity contribution in [3.63, 3.8) is 0 Å². The number of nitrogens with zero attached hydrogens (tertiary/aromatic N) is 1. The Labute approximate surface area is 169 Å². The van der Waals surface area contributed by atoms with Gasteiger partial charge in [0.1, 0.15) is 5.58 Å². The van der Waals surface area contributed by atoms with Gasteiger partial charge in [-0.05, 0) is 51.1 Å². The van der Waals surface area contributed by atoms with E-state index in [1.54, 1.807) is 18.4 Å². The van der Waals surface area contributed by atoms with Crippen LogP contribution < -0.4 is 20.2 Å². The van der Waals surface area contributed by atoms with E-state index in [4.69, 9.17) is 19.3 Å². The first kappa shape index (κ1) is 19.6. The second-order valence-electron chi connectivity index (χ2n) is 7.58. The summed E-state index contributed by atoms with van der Waals surface area (Å²) in [5.74, 6) is 1.21. The zero-order valence-corrected chi connectivity index (χ0v) is 16.6. The van der Waals surface area contributed by atoms with E-state index in [0.717, 1.165) is 63.9 Å². The average molecular weight is 397 g/mol. The van der Waals surface area contributed by atoms with Crippen LogP contribution in [0.2, 0.25) is 0 Å². The molecule has 2 aliphatic rings. The van der Waals surface area contributed by atoms with Crippen LogP contribution in [0.1, 0.15) is 44.1 Å². The molecule has 29 heavy (non-hydrogen) atoms. The highest BCUT2D eigenvalue weighted by Gasteiger charge is 2.17. The molecular formula is C22H27N3O4. The average Bonchev–Trinajstić information content (AvgIpc) is 3.18. The van der Waals surface area contributed by atoms with Gasteiger partial charge in [-0.2, -0.15) is 0 Å². The van der Waals surface area contributed by atoms with Gasteiger partial charge in [-0.25, -0.2) is 0 Å². The number of aryl methyl sites for hydroxylation is 1. The minimum absolute atomic E-state index is 0.00591. The van der Waals surface area contributed by atoms with Crippen molar-refractivity contribution >= 4 is 22.4 Å². The molecule has 0 bridgehead atoms. The molecule has 0 saturated heterocycles. The maximum absolute atomic E-state index is 12.7.